The molecule has 1 heterocycles. The fourth-order valence-electron chi connectivity index (χ4n) is 3.61. The number of alkyl carbamates (subject to hydrolysis) is 1. The van der Waals surface area contributed by atoms with E-state index in [0.29, 0.717) is 13.2 Å². The Kier molecular flexibility index (Phi) is 15.5. The minimum absolute atomic E-state index is 0.00857. The number of carboxylic acid groups (broad SMARTS) is 1. The molecule has 0 saturated carbocycles. The van der Waals surface area contributed by atoms with E-state index < -0.39 is 54.5 Å². The first-order chi connectivity index (χ1) is 21.4. The molecule has 0 radical (unpaired) electrons. The maximum atomic E-state index is 13.2. The van der Waals surface area contributed by atoms with Gasteiger partial charge in [0.05, 0.1) is 39.1 Å². The number of nitrogens with zero attached hydrogens (tertiary/aromatic N) is 3. The maximum absolute atomic E-state index is 13.2. The van der Waals surface area contributed by atoms with Crippen LogP contribution in [-0.4, -0.2) is 108 Å². The van der Waals surface area contributed by atoms with Crippen molar-refractivity contribution < 1.29 is 48.0 Å². The van der Waals surface area contributed by atoms with Gasteiger partial charge in [-0.1, -0.05) is 30.3 Å². The molecule has 0 bridgehead atoms. The van der Waals surface area contributed by atoms with Crippen LogP contribution in [0.3, 0.4) is 0 Å². The van der Waals surface area contributed by atoms with Crippen LogP contribution in [0.15, 0.2) is 47.4 Å². The van der Waals surface area contributed by atoms with Gasteiger partial charge in [-0.25, -0.2) is 14.4 Å². The number of nitrogens with one attached hydrogen (secondary N) is 2. The zero-order valence-corrected chi connectivity index (χ0v) is 25.9. The van der Waals surface area contributed by atoms with Crippen molar-refractivity contribution in [1.82, 2.24) is 19.8 Å². The third-order valence-corrected chi connectivity index (χ3v) is 5.59. The molecule has 2 aromatic rings. The van der Waals surface area contributed by atoms with Crippen molar-refractivity contribution in [2.45, 2.75) is 45.6 Å². The summed E-state index contributed by atoms with van der Waals surface area (Å²) < 4.78 is 27.2. The SMILES string of the molecule is COCCOCCOC[C@@H](CN(CC(=O)O)C(=O)Cn1ccc(NC(=O)OCc2ccccc2)nc1=O)NC(=O)OC(C)(C)C. The third kappa shape index (κ3) is 15.7. The molecule has 0 aliphatic carbocycles. The molecule has 3 amide bonds. The third-order valence-electron chi connectivity index (χ3n) is 5.59. The number of benzene rings is 1. The zero-order chi connectivity index (χ0) is 33.2. The molecule has 45 heavy (non-hydrogen) atoms. The van der Waals surface area contributed by atoms with Crippen LogP contribution in [0.25, 0.3) is 0 Å². The van der Waals surface area contributed by atoms with Crippen LogP contribution in [0, 0.1) is 0 Å². The summed E-state index contributed by atoms with van der Waals surface area (Å²) in [6, 6.07) is 9.39. The molecule has 0 unspecified atom stereocenters. The lowest BCUT2D eigenvalue weighted by Crippen LogP contribution is -2.51. The number of carbonyl (C=O) groups excluding carboxylic acids is 3. The van der Waals surface area contributed by atoms with E-state index in [9.17, 15) is 29.1 Å². The molecule has 248 valence electrons. The molecule has 1 aromatic carbocycles. The molecule has 3 N–H and O–H groups in total. The van der Waals surface area contributed by atoms with E-state index in [1.165, 1.54) is 12.3 Å². The van der Waals surface area contributed by atoms with Gasteiger partial charge in [0, 0.05) is 19.9 Å². The predicted octanol–water partition coefficient (Wildman–Crippen LogP) is 1.48. The van der Waals surface area contributed by atoms with Crippen LogP contribution in [0.4, 0.5) is 15.4 Å². The molecule has 1 aromatic heterocycles. The van der Waals surface area contributed by atoms with Gasteiger partial charge in [0.1, 0.15) is 31.1 Å². The molecule has 0 fully saturated rings. The van der Waals surface area contributed by atoms with Gasteiger partial charge in [-0.05, 0) is 32.4 Å². The number of ether oxygens (including phenoxy) is 5. The first-order valence-corrected chi connectivity index (χ1v) is 14.0. The summed E-state index contributed by atoms with van der Waals surface area (Å²) in [7, 11) is 1.54. The van der Waals surface area contributed by atoms with E-state index in [1.807, 2.05) is 6.07 Å². The number of anilines is 1. The molecule has 0 spiro atoms. The summed E-state index contributed by atoms with van der Waals surface area (Å²) in [5.41, 5.74) is -0.919. The average molecular weight is 636 g/mol. The largest absolute Gasteiger partial charge is 0.480 e. The molecule has 1 atom stereocenters. The van der Waals surface area contributed by atoms with Crippen molar-refractivity contribution in [2.24, 2.45) is 0 Å². The maximum Gasteiger partial charge on any atom is 0.413 e. The molecular formula is C29H41N5O11. The van der Waals surface area contributed by atoms with Crippen molar-refractivity contribution in [3.05, 3.63) is 58.6 Å². The number of aromatic nitrogens is 2. The summed E-state index contributed by atoms with van der Waals surface area (Å²) in [4.78, 5) is 66.7. The van der Waals surface area contributed by atoms with Crippen LogP contribution < -0.4 is 16.3 Å². The molecule has 0 aliphatic heterocycles. The van der Waals surface area contributed by atoms with Crippen molar-refractivity contribution in [3.8, 4) is 0 Å². The second-order valence-corrected chi connectivity index (χ2v) is 10.6. The molecule has 0 aliphatic rings. The highest BCUT2D eigenvalue weighted by atomic mass is 16.6. The minimum Gasteiger partial charge on any atom is -0.480 e. The molecule has 0 saturated heterocycles. The Balaban J connectivity index is 2.05. The van der Waals surface area contributed by atoms with Gasteiger partial charge in [-0.3, -0.25) is 19.5 Å². The first kappa shape index (κ1) is 36.7. The summed E-state index contributed by atoms with van der Waals surface area (Å²) in [5.74, 6) is -2.16. The number of hydrogen-bond acceptors (Lipinski definition) is 11. The smallest absolute Gasteiger partial charge is 0.413 e. The van der Waals surface area contributed by atoms with Gasteiger partial charge in [0.25, 0.3) is 0 Å². The number of carbonyl (C=O) groups is 4. The lowest BCUT2D eigenvalue weighted by Gasteiger charge is -2.28. The van der Waals surface area contributed by atoms with Gasteiger partial charge in [-0.15, -0.1) is 0 Å². The minimum atomic E-state index is -1.31. The number of amides is 3. The Hall–Kier alpha value is -4.54. The van der Waals surface area contributed by atoms with Crippen LogP contribution in [0.1, 0.15) is 26.3 Å². The van der Waals surface area contributed by atoms with Gasteiger partial charge >= 0.3 is 23.8 Å². The van der Waals surface area contributed by atoms with Gasteiger partial charge < -0.3 is 39.0 Å². The quantitative estimate of drug-likeness (QED) is 0.200. The van der Waals surface area contributed by atoms with E-state index in [2.05, 4.69) is 15.6 Å². The fourth-order valence-corrected chi connectivity index (χ4v) is 3.61. The highest BCUT2D eigenvalue weighted by Crippen LogP contribution is 2.08. The topological polar surface area (TPSA) is 197 Å². The predicted molar refractivity (Wildman–Crippen MR) is 160 cm³/mol. The standard InChI is InChI=1S/C29H41N5O11/c1-29(2,3)45-28(40)30-22(20-43-15-14-42-13-12-41-4)16-34(18-25(36)37)24(35)17-33-11-10-23(31-26(33)38)32-27(39)44-19-21-8-6-5-7-9-21/h5-11,22H,12-20H2,1-4H3,(H,30,40)(H,36,37)(H,31,32,38,39)/t22-/m1/s1. The summed E-state index contributed by atoms with van der Waals surface area (Å²) in [6.45, 7) is 4.55. The summed E-state index contributed by atoms with van der Waals surface area (Å²) in [5, 5.41) is 14.4. The highest BCUT2D eigenvalue weighted by Gasteiger charge is 2.25. The molecule has 16 nitrogen and oxygen atoms in total. The van der Waals surface area contributed by atoms with E-state index in [1.54, 1.807) is 52.1 Å². The molecule has 16 heteroatoms. The lowest BCUT2D eigenvalue weighted by atomic mass is 10.2. The number of carboxylic acids is 1. The Morgan fingerprint density at radius 2 is 1.69 bits per heavy atom. The van der Waals surface area contributed by atoms with Crippen LogP contribution in [0.5, 0.6) is 0 Å². The van der Waals surface area contributed by atoms with Crippen LogP contribution >= 0.6 is 0 Å². The van der Waals surface area contributed by atoms with Gasteiger partial charge in [-0.2, -0.15) is 4.98 Å². The van der Waals surface area contributed by atoms with Gasteiger partial charge in [0.2, 0.25) is 5.91 Å². The summed E-state index contributed by atoms with van der Waals surface area (Å²) in [6.07, 6.45) is -0.400. The Morgan fingerprint density at radius 3 is 2.33 bits per heavy atom. The normalized spacial score (nSPS) is 11.7. The lowest BCUT2D eigenvalue weighted by molar-refractivity contribution is -0.145. The van der Waals surface area contributed by atoms with Crippen LogP contribution in [-0.2, 0) is 46.4 Å². The highest BCUT2D eigenvalue weighted by molar-refractivity contribution is 5.83. The van der Waals surface area contributed by atoms with E-state index >= 15 is 0 Å². The summed E-state index contributed by atoms with van der Waals surface area (Å²) >= 11 is 0. The van der Waals surface area contributed by atoms with Crippen molar-refractivity contribution in [1.29, 1.82) is 0 Å². The second kappa shape index (κ2) is 19.0. The Bertz CT molecular complexity index is 1300. The number of methoxy groups -OCH3 is 1. The molecular weight excluding hydrogens is 594 g/mol. The Morgan fingerprint density at radius 1 is 1.00 bits per heavy atom. The van der Waals surface area contributed by atoms with E-state index in [4.69, 9.17) is 23.7 Å². The molecule has 2 rings (SSSR count). The van der Waals surface area contributed by atoms with Crippen LogP contribution in [0.2, 0.25) is 0 Å². The van der Waals surface area contributed by atoms with E-state index in [-0.39, 0.29) is 38.8 Å². The van der Waals surface area contributed by atoms with Crippen molar-refractivity contribution in [2.75, 3.05) is 58.6 Å². The van der Waals surface area contributed by atoms with E-state index in [0.717, 1.165) is 15.0 Å². The first-order valence-electron chi connectivity index (χ1n) is 14.0. The number of hydrogen-bond donors (Lipinski definition) is 3. The average Bonchev–Trinajstić information content (AvgIpc) is 2.96. The van der Waals surface area contributed by atoms with Crippen molar-refractivity contribution >= 4 is 29.9 Å². The van der Waals surface area contributed by atoms with Gasteiger partial charge in [0.15, 0.2) is 0 Å². The number of aliphatic carboxylic acids is 1. The number of rotatable bonds is 18. The fraction of sp³-hybridized carbons (Fsp3) is 0.517. The second-order valence-electron chi connectivity index (χ2n) is 10.6. The zero-order valence-electron chi connectivity index (χ0n) is 25.9. The Labute approximate surface area is 260 Å². The van der Waals surface area contributed by atoms with Crippen molar-refractivity contribution in [3.63, 3.8) is 0 Å². The monoisotopic (exact) mass is 635 g/mol.